The Bertz CT molecular complexity index is 711. The Morgan fingerprint density at radius 1 is 1.23 bits per heavy atom. The molecule has 0 saturated heterocycles. The normalized spacial score (nSPS) is 13.4. The molecule has 0 amide bonds. The van der Waals surface area contributed by atoms with Gasteiger partial charge in [-0.1, -0.05) is 18.2 Å². The average Bonchev–Trinajstić information content (AvgIpc) is 3.08. The van der Waals surface area contributed by atoms with Gasteiger partial charge in [0, 0.05) is 24.2 Å². The van der Waals surface area contributed by atoms with Crippen molar-refractivity contribution in [3.05, 3.63) is 69.8 Å². The van der Waals surface area contributed by atoms with Gasteiger partial charge in [0.15, 0.2) is 0 Å². The molecular formula is C16H15N3O3. The van der Waals surface area contributed by atoms with Crippen LogP contribution < -0.4 is 10.1 Å². The molecule has 0 atom stereocenters. The first-order valence-corrected chi connectivity index (χ1v) is 6.97. The number of nitrogens with one attached hydrogen (secondary N) is 1. The fraction of sp³-hybridized carbons (Fsp3) is 0.188. The van der Waals surface area contributed by atoms with Crippen molar-refractivity contribution in [2.45, 2.75) is 6.61 Å². The molecule has 6 heteroatoms. The van der Waals surface area contributed by atoms with Gasteiger partial charge in [0.1, 0.15) is 18.2 Å². The van der Waals surface area contributed by atoms with Crippen LogP contribution in [0.1, 0.15) is 11.1 Å². The van der Waals surface area contributed by atoms with E-state index in [1.54, 1.807) is 12.1 Å². The number of non-ortho nitro benzene ring substituents is 1. The molecule has 1 N–H and O–H groups in total. The number of aliphatic imine (C=N–C) groups is 1. The predicted octanol–water partition coefficient (Wildman–Crippen LogP) is 2.52. The lowest BCUT2D eigenvalue weighted by Gasteiger charge is -2.08. The van der Waals surface area contributed by atoms with Gasteiger partial charge >= 0.3 is 0 Å². The molecule has 22 heavy (non-hydrogen) atoms. The number of ether oxygens (including phenoxy) is 1. The standard InChI is InChI=1S/C16H15N3O3/c20-19(21)14-4-6-15(7-5-14)22-11-12-2-1-3-13(10-12)16-17-8-9-18-16/h1-7,10H,8-9,11H2,(H,17,18). The molecule has 1 aliphatic heterocycles. The van der Waals surface area contributed by atoms with Crippen LogP contribution in [-0.2, 0) is 6.61 Å². The van der Waals surface area contributed by atoms with Gasteiger partial charge in [0.2, 0.25) is 0 Å². The van der Waals surface area contributed by atoms with Gasteiger partial charge in [-0.25, -0.2) is 0 Å². The van der Waals surface area contributed by atoms with Crippen LogP contribution in [-0.4, -0.2) is 23.8 Å². The zero-order valence-corrected chi connectivity index (χ0v) is 11.9. The van der Waals surface area contributed by atoms with Crippen molar-refractivity contribution in [1.82, 2.24) is 5.32 Å². The Morgan fingerprint density at radius 3 is 2.73 bits per heavy atom. The summed E-state index contributed by atoms with van der Waals surface area (Å²) in [5.41, 5.74) is 2.12. The number of nitro benzene ring substituents is 1. The molecule has 0 spiro atoms. The summed E-state index contributed by atoms with van der Waals surface area (Å²) in [6, 6.07) is 14.0. The Morgan fingerprint density at radius 2 is 2.05 bits per heavy atom. The Labute approximate surface area is 127 Å². The topological polar surface area (TPSA) is 76.8 Å². The van der Waals surface area contributed by atoms with E-state index >= 15 is 0 Å². The zero-order valence-electron chi connectivity index (χ0n) is 11.9. The highest BCUT2D eigenvalue weighted by Crippen LogP contribution is 2.18. The summed E-state index contributed by atoms with van der Waals surface area (Å²) in [5.74, 6) is 1.52. The van der Waals surface area contributed by atoms with Gasteiger partial charge in [-0.15, -0.1) is 0 Å². The van der Waals surface area contributed by atoms with Crippen LogP contribution in [0.4, 0.5) is 5.69 Å². The highest BCUT2D eigenvalue weighted by molar-refractivity contribution is 5.99. The smallest absolute Gasteiger partial charge is 0.269 e. The van der Waals surface area contributed by atoms with E-state index in [4.69, 9.17) is 4.74 Å². The van der Waals surface area contributed by atoms with Crippen LogP contribution in [0, 0.1) is 10.1 Å². The first-order valence-electron chi connectivity index (χ1n) is 6.97. The highest BCUT2D eigenvalue weighted by atomic mass is 16.6. The molecule has 0 bridgehead atoms. The third kappa shape index (κ3) is 3.22. The van der Waals surface area contributed by atoms with Crippen molar-refractivity contribution < 1.29 is 9.66 Å². The minimum absolute atomic E-state index is 0.0552. The van der Waals surface area contributed by atoms with Gasteiger partial charge in [0.25, 0.3) is 5.69 Å². The minimum atomic E-state index is -0.428. The van der Waals surface area contributed by atoms with Crippen LogP contribution in [0.25, 0.3) is 0 Å². The SMILES string of the molecule is O=[N+]([O-])c1ccc(OCc2cccc(C3=NCCN3)c2)cc1. The molecule has 112 valence electrons. The van der Waals surface area contributed by atoms with E-state index in [1.165, 1.54) is 12.1 Å². The number of amidine groups is 1. The summed E-state index contributed by atoms with van der Waals surface area (Å²) in [5, 5.41) is 13.8. The number of benzene rings is 2. The van der Waals surface area contributed by atoms with Crippen LogP contribution in [0.3, 0.4) is 0 Å². The lowest BCUT2D eigenvalue weighted by Crippen LogP contribution is -2.19. The second-order valence-corrected chi connectivity index (χ2v) is 4.90. The molecule has 0 aromatic heterocycles. The van der Waals surface area contributed by atoms with Gasteiger partial charge in [-0.2, -0.15) is 0 Å². The van der Waals surface area contributed by atoms with Crippen LogP contribution in [0.5, 0.6) is 5.75 Å². The van der Waals surface area contributed by atoms with Crippen LogP contribution >= 0.6 is 0 Å². The first-order chi connectivity index (χ1) is 10.7. The fourth-order valence-electron chi connectivity index (χ4n) is 2.23. The zero-order chi connectivity index (χ0) is 15.4. The minimum Gasteiger partial charge on any atom is -0.489 e. The number of nitrogens with zero attached hydrogens (tertiary/aromatic N) is 2. The molecule has 0 fully saturated rings. The molecule has 0 radical (unpaired) electrons. The summed E-state index contributed by atoms with van der Waals surface area (Å²) in [7, 11) is 0. The number of nitro groups is 1. The van der Waals surface area contributed by atoms with E-state index in [9.17, 15) is 10.1 Å². The van der Waals surface area contributed by atoms with Gasteiger partial charge in [-0.3, -0.25) is 15.1 Å². The molecule has 0 saturated carbocycles. The lowest BCUT2D eigenvalue weighted by molar-refractivity contribution is -0.384. The molecule has 0 aliphatic carbocycles. The van der Waals surface area contributed by atoms with E-state index in [0.717, 1.165) is 30.1 Å². The van der Waals surface area contributed by atoms with E-state index in [1.807, 2.05) is 24.3 Å². The Hall–Kier alpha value is -2.89. The summed E-state index contributed by atoms with van der Waals surface area (Å²) in [6.07, 6.45) is 0. The van der Waals surface area contributed by atoms with E-state index in [2.05, 4.69) is 10.3 Å². The number of rotatable bonds is 5. The van der Waals surface area contributed by atoms with Crippen molar-refractivity contribution in [2.75, 3.05) is 13.1 Å². The van der Waals surface area contributed by atoms with Crippen LogP contribution in [0.15, 0.2) is 53.5 Å². The lowest BCUT2D eigenvalue weighted by atomic mass is 10.1. The summed E-state index contributed by atoms with van der Waals surface area (Å²) >= 11 is 0. The average molecular weight is 297 g/mol. The molecule has 0 unspecified atom stereocenters. The molecule has 1 heterocycles. The van der Waals surface area contributed by atoms with Gasteiger partial charge in [0.05, 0.1) is 11.5 Å². The largest absolute Gasteiger partial charge is 0.489 e. The highest BCUT2D eigenvalue weighted by Gasteiger charge is 2.09. The molecule has 2 aromatic carbocycles. The molecule has 2 aromatic rings. The van der Waals surface area contributed by atoms with Crippen LogP contribution in [0.2, 0.25) is 0 Å². The van der Waals surface area contributed by atoms with Crippen molar-refractivity contribution in [3.8, 4) is 5.75 Å². The number of hydrogen-bond acceptors (Lipinski definition) is 5. The quantitative estimate of drug-likeness (QED) is 0.679. The Balaban J connectivity index is 1.66. The maximum atomic E-state index is 10.6. The van der Waals surface area contributed by atoms with Crippen molar-refractivity contribution >= 4 is 11.5 Å². The van der Waals surface area contributed by atoms with Crippen molar-refractivity contribution in [1.29, 1.82) is 0 Å². The van der Waals surface area contributed by atoms with E-state index in [-0.39, 0.29) is 5.69 Å². The van der Waals surface area contributed by atoms with Crippen molar-refractivity contribution in [2.24, 2.45) is 4.99 Å². The monoisotopic (exact) mass is 297 g/mol. The number of hydrogen-bond donors (Lipinski definition) is 1. The fourth-order valence-corrected chi connectivity index (χ4v) is 2.23. The maximum absolute atomic E-state index is 10.6. The summed E-state index contributed by atoms with van der Waals surface area (Å²) in [6.45, 7) is 2.08. The van der Waals surface area contributed by atoms with E-state index in [0.29, 0.717) is 12.4 Å². The third-order valence-electron chi connectivity index (χ3n) is 3.33. The second-order valence-electron chi connectivity index (χ2n) is 4.90. The molecule has 6 nitrogen and oxygen atoms in total. The predicted molar refractivity (Wildman–Crippen MR) is 83.3 cm³/mol. The first kappa shape index (κ1) is 14.1. The maximum Gasteiger partial charge on any atom is 0.269 e. The summed E-state index contributed by atoms with van der Waals surface area (Å²) in [4.78, 5) is 14.6. The molecule has 1 aliphatic rings. The molecule has 3 rings (SSSR count). The van der Waals surface area contributed by atoms with Crippen molar-refractivity contribution in [3.63, 3.8) is 0 Å². The van der Waals surface area contributed by atoms with Gasteiger partial charge < -0.3 is 10.1 Å². The molecular weight excluding hydrogens is 282 g/mol. The Kier molecular flexibility index (Phi) is 4.00. The second kappa shape index (κ2) is 6.26. The summed E-state index contributed by atoms with van der Waals surface area (Å²) < 4.78 is 5.66. The van der Waals surface area contributed by atoms with E-state index < -0.39 is 4.92 Å². The third-order valence-corrected chi connectivity index (χ3v) is 3.33. The van der Waals surface area contributed by atoms with Gasteiger partial charge in [-0.05, 0) is 23.8 Å².